The Balaban J connectivity index is 1.35. The first-order chi connectivity index (χ1) is 13.0. The Hall–Kier alpha value is -2.96. The van der Waals surface area contributed by atoms with Crippen molar-refractivity contribution in [1.82, 2.24) is 9.80 Å². The van der Waals surface area contributed by atoms with Gasteiger partial charge in [0.25, 0.3) is 0 Å². The predicted molar refractivity (Wildman–Crippen MR) is 94.0 cm³/mol. The van der Waals surface area contributed by atoms with Crippen LogP contribution in [-0.4, -0.2) is 34.8 Å². The van der Waals surface area contributed by atoms with Crippen LogP contribution in [0.4, 0.5) is 19.3 Å². The van der Waals surface area contributed by atoms with E-state index in [0.717, 1.165) is 12.5 Å². The van der Waals surface area contributed by atoms with Crippen molar-refractivity contribution in [2.45, 2.75) is 24.9 Å². The molecule has 0 unspecified atom stereocenters. The van der Waals surface area contributed by atoms with Gasteiger partial charge in [-0.05, 0) is 29.7 Å². The molecule has 5 rings (SSSR count). The highest BCUT2D eigenvalue weighted by molar-refractivity contribution is 5.95. The SMILES string of the molecule is O=C1Nc2ccc(F)c(F)c2CN1CC(=O)N1C[C@@H]2C[C@H]1c1ccccc12. The number of hydrogen-bond acceptors (Lipinski definition) is 2. The number of halogens is 2. The fourth-order valence-electron chi connectivity index (χ4n) is 4.52. The fourth-order valence-corrected chi connectivity index (χ4v) is 4.52. The summed E-state index contributed by atoms with van der Waals surface area (Å²) in [5.74, 6) is -1.80. The van der Waals surface area contributed by atoms with Gasteiger partial charge in [0.1, 0.15) is 6.54 Å². The van der Waals surface area contributed by atoms with Gasteiger partial charge in [0.15, 0.2) is 11.6 Å². The lowest BCUT2D eigenvalue weighted by Gasteiger charge is -2.33. The summed E-state index contributed by atoms with van der Waals surface area (Å²) in [6, 6.07) is 9.99. The first-order valence-corrected chi connectivity index (χ1v) is 8.94. The average Bonchev–Trinajstić information content (AvgIpc) is 3.26. The number of carbonyl (C=O) groups excluding carboxylic acids is 2. The van der Waals surface area contributed by atoms with Crippen molar-refractivity contribution < 1.29 is 18.4 Å². The highest BCUT2D eigenvalue weighted by Crippen LogP contribution is 2.50. The number of rotatable bonds is 2. The van der Waals surface area contributed by atoms with E-state index in [0.29, 0.717) is 12.5 Å². The summed E-state index contributed by atoms with van der Waals surface area (Å²) in [5, 5.41) is 2.53. The van der Waals surface area contributed by atoms with Gasteiger partial charge in [-0.25, -0.2) is 13.6 Å². The molecule has 1 N–H and O–H groups in total. The van der Waals surface area contributed by atoms with Crippen molar-refractivity contribution >= 4 is 17.6 Å². The molecule has 138 valence electrons. The summed E-state index contributed by atoms with van der Waals surface area (Å²) >= 11 is 0. The summed E-state index contributed by atoms with van der Waals surface area (Å²) < 4.78 is 27.6. The van der Waals surface area contributed by atoms with Crippen LogP contribution in [-0.2, 0) is 11.3 Å². The van der Waals surface area contributed by atoms with Gasteiger partial charge in [0, 0.05) is 18.0 Å². The summed E-state index contributed by atoms with van der Waals surface area (Å²) in [7, 11) is 0. The Morgan fingerprint density at radius 3 is 2.74 bits per heavy atom. The van der Waals surface area contributed by atoms with Crippen molar-refractivity contribution in [1.29, 1.82) is 0 Å². The van der Waals surface area contributed by atoms with E-state index in [1.807, 2.05) is 18.2 Å². The largest absolute Gasteiger partial charge is 0.333 e. The molecule has 2 aliphatic heterocycles. The molecule has 1 aliphatic carbocycles. The van der Waals surface area contributed by atoms with Crippen LogP contribution in [0, 0.1) is 11.6 Å². The zero-order valence-electron chi connectivity index (χ0n) is 14.4. The molecule has 0 saturated carbocycles. The number of hydrogen-bond donors (Lipinski definition) is 1. The highest BCUT2D eigenvalue weighted by atomic mass is 19.2. The lowest BCUT2D eigenvalue weighted by Crippen LogP contribution is -2.46. The Bertz CT molecular complexity index is 978. The minimum atomic E-state index is -0.987. The Morgan fingerprint density at radius 1 is 1.15 bits per heavy atom. The lowest BCUT2D eigenvalue weighted by atomic mass is 9.99. The number of likely N-dealkylation sites (tertiary alicyclic amines) is 1. The zero-order valence-corrected chi connectivity index (χ0v) is 14.4. The maximum absolute atomic E-state index is 14.1. The monoisotopic (exact) mass is 369 g/mol. The quantitative estimate of drug-likeness (QED) is 0.882. The molecule has 5 nitrogen and oxygen atoms in total. The molecule has 0 radical (unpaired) electrons. The van der Waals surface area contributed by atoms with Crippen LogP contribution in [0.3, 0.4) is 0 Å². The van der Waals surface area contributed by atoms with Crippen LogP contribution >= 0.6 is 0 Å². The predicted octanol–water partition coefficient (Wildman–Crippen LogP) is 3.38. The van der Waals surface area contributed by atoms with Crippen molar-refractivity contribution in [3.63, 3.8) is 0 Å². The van der Waals surface area contributed by atoms with Crippen LogP contribution in [0.15, 0.2) is 36.4 Å². The van der Waals surface area contributed by atoms with Gasteiger partial charge in [-0.2, -0.15) is 0 Å². The van der Waals surface area contributed by atoms with Crippen LogP contribution in [0.2, 0.25) is 0 Å². The molecular formula is C20H17F2N3O2. The number of anilines is 1. The maximum Gasteiger partial charge on any atom is 0.322 e. The third-order valence-corrected chi connectivity index (χ3v) is 5.82. The second kappa shape index (κ2) is 5.77. The van der Waals surface area contributed by atoms with E-state index in [1.165, 1.54) is 22.1 Å². The molecule has 3 amide bonds. The Morgan fingerprint density at radius 2 is 1.93 bits per heavy atom. The molecule has 2 aromatic carbocycles. The molecule has 1 saturated heterocycles. The third-order valence-electron chi connectivity index (χ3n) is 5.82. The molecule has 2 bridgehead atoms. The topological polar surface area (TPSA) is 52.7 Å². The molecular weight excluding hydrogens is 352 g/mol. The third kappa shape index (κ3) is 2.41. The highest BCUT2D eigenvalue weighted by Gasteiger charge is 2.44. The van der Waals surface area contributed by atoms with E-state index >= 15 is 0 Å². The fraction of sp³-hybridized carbons (Fsp3) is 0.300. The summed E-state index contributed by atoms with van der Waals surface area (Å²) in [6.07, 6.45) is 0.903. The van der Waals surface area contributed by atoms with E-state index in [4.69, 9.17) is 0 Å². The van der Waals surface area contributed by atoms with Crippen LogP contribution in [0.25, 0.3) is 0 Å². The first-order valence-electron chi connectivity index (χ1n) is 8.94. The van der Waals surface area contributed by atoms with Crippen molar-refractivity contribution in [3.8, 4) is 0 Å². The second-order valence-electron chi connectivity index (χ2n) is 7.30. The van der Waals surface area contributed by atoms with Gasteiger partial charge >= 0.3 is 6.03 Å². The Labute approximate surface area is 154 Å². The minimum Gasteiger partial charge on any atom is -0.333 e. The van der Waals surface area contributed by atoms with E-state index in [2.05, 4.69) is 11.4 Å². The number of urea groups is 1. The van der Waals surface area contributed by atoms with E-state index in [-0.39, 0.29) is 36.3 Å². The van der Waals surface area contributed by atoms with Gasteiger partial charge in [-0.1, -0.05) is 24.3 Å². The summed E-state index contributed by atoms with van der Waals surface area (Å²) in [4.78, 5) is 28.2. The first kappa shape index (κ1) is 16.2. The minimum absolute atomic E-state index is 0.0352. The van der Waals surface area contributed by atoms with Crippen LogP contribution in [0.1, 0.15) is 35.1 Å². The van der Waals surface area contributed by atoms with Gasteiger partial charge in [0.05, 0.1) is 18.3 Å². The molecule has 0 spiro atoms. The maximum atomic E-state index is 14.1. The number of benzene rings is 2. The zero-order chi connectivity index (χ0) is 18.7. The number of amides is 3. The normalized spacial score (nSPS) is 22.5. The number of fused-ring (bicyclic) bond motifs is 6. The smallest absolute Gasteiger partial charge is 0.322 e. The number of nitrogens with one attached hydrogen (secondary N) is 1. The molecule has 2 atom stereocenters. The summed E-state index contributed by atoms with van der Waals surface area (Å²) in [6.45, 7) is 0.344. The van der Waals surface area contributed by atoms with Crippen molar-refractivity contribution in [2.24, 2.45) is 0 Å². The molecule has 0 aromatic heterocycles. The number of carbonyl (C=O) groups is 2. The van der Waals surface area contributed by atoms with E-state index in [9.17, 15) is 18.4 Å². The lowest BCUT2D eigenvalue weighted by molar-refractivity contribution is -0.133. The number of nitrogens with zero attached hydrogens (tertiary/aromatic N) is 2. The molecule has 3 aliphatic rings. The van der Waals surface area contributed by atoms with Gasteiger partial charge in [-0.15, -0.1) is 0 Å². The van der Waals surface area contributed by atoms with Crippen molar-refractivity contribution in [3.05, 3.63) is 64.7 Å². The van der Waals surface area contributed by atoms with Gasteiger partial charge < -0.3 is 15.1 Å². The molecule has 1 fully saturated rings. The van der Waals surface area contributed by atoms with Crippen molar-refractivity contribution in [2.75, 3.05) is 18.4 Å². The molecule has 7 heteroatoms. The van der Waals surface area contributed by atoms with Gasteiger partial charge in [0.2, 0.25) is 5.91 Å². The molecule has 2 heterocycles. The molecule has 27 heavy (non-hydrogen) atoms. The van der Waals surface area contributed by atoms with Gasteiger partial charge in [-0.3, -0.25) is 4.79 Å². The van der Waals surface area contributed by atoms with E-state index in [1.54, 1.807) is 4.90 Å². The van der Waals surface area contributed by atoms with Crippen LogP contribution in [0.5, 0.6) is 0 Å². The standard InChI is InChI=1S/C20H17F2N3O2/c21-15-5-6-16-14(19(15)22)9-24(20(27)23-16)10-18(26)25-8-11-7-17(25)13-4-2-1-3-12(11)13/h1-6,11,17H,7-10H2,(H,23,27)/t11-,17-/m0/s1. The average molecular weight is 369 g/mol. The Kier molecular flexibility index (Phi) is 3.47. The van der Waals surface area contributed by atoms with E-state index < -0.39 is 17.7 Å². The second-order valence-corrected chi connectivity index (χ2v) is 7.30. The van der Waals surface area contributed by atoms with Crippen LogP contribution < -0.4 is 5.32 Å². The molecule has 2 aromatic rings. The summed E-state index contributed by atoms with van der Waals surface area (Å²) in [5.41, 5.74) is 2.78.